The number of benzene rings is 2. The van der Waals surface area contributed by atoms with Gasteiger partial charge in [-0.2, -0.15) is 10.1 Å². The molecule has 0 aliphatic heterocycles. The lowest BCUT2D eigenvalue weighted by Gasteiger charge is -2.19. The fourth-order valence-corrected chi connectivity index (χ4v) is 3.81. The van der Waals surface area contributed by atoms with E-state index in [1.165, 1.54) is 12.3 Å². The monoisotopic (exact) mass is 426 g/mol. The summed E-state index contributed by atoms with van der Waals surface area (Å²) in [6, 6.07) is 11.4. The van der Waals surface area contributed by atoms with Crippen LogP contribution in [-0.4, -0.2) is 41.9 Å². The predicted octanol–water partition coefficient (Wildman–Crippen LogP) is 3.72. The van der Waals surface area contributed by atoms with Gasteiger partial charge in [0.25, 0.3) is 0 Å². The van der Waals surface area contributed by atoms with E-state index in [2.05, 4.69) is 25.5 Å². The molecule has 0 saturated carbocycles. The van der Waals surface area contributed by atoms with Gasteiger partial charge in [0.1, 0.15) is 11.6 Å². The summed E-state index contributed by atoms with van der Waals surface area (Å²) in [6.07, 6.45) is 2.72. The Morgan fingerprint density at radius 3 is 2.73 bits per heavy atom. The summed E-state index contributed by atoms with van der Waals surface area (Å²) in [5, 5.41) is 10.2. The average molecular weight is 426 g/mol. The zero-order chi connectivity index (χ0) is 21.5. The lowest BCUT2D eigenvalue weighted by Crippen LogP contribution is -2.14. The highest BCUT2D eigenvalue weighted by Gasteiger charge is 2.15. The number of aromatic amines is 1. The molecule has 2 aromatic heterocycles. The minimum Gasteiger partial charge on any atom is -0.323 e. The predicted molar refractivity (Wildman–Crippen MR) is 114 cm³/mol. The number of anilines is 4. The van der Waals surface area contributed by atoms with E-state index in [9.17, 15) is 12.8 Å². The molecule has 154 valence electrons. The summed E-state index contributed by atoms with van der Waals surface area (Å²) in [5.74, 6) is 0.665. The summed E-state index contributed by atoms with van der Waals surface area (Å²) < 4.78 is 38.1. The largest absolute Gasteiger partial charge is 0.323 e. The Morgan fingerprint density at radius 1 is 1.17 bits per heavy atom. The van der Waals surface area contributed by atoms with Crippen LogP contribution in [0.1, 0.15) is 5.56 Å². The Balaban J connectivity index is 1.67. The summed E-state index contributed by atoms with van der Waals surface area (Å²) in [6.45, 7) is 1.82. The van der Waals surface area contributed by atoms with Crippen LogP contribution in [0.3, 0.4) is 0 Å². The molecule has 2 heterocycles. The van der Waals surface area contributed by atoms with Crippen molar-refractivity contribution in [1.82, 2.24) is 20.2 Å². The molecule has 0 amide bonds. The third-order valence-corrected chi connectivity index (χ3v) is 5.67. The highest BCUT2D eigenvalue weighted by atomic mass is 32.2. The fourth-order valence-electron chi connectivity index (χ4n) is 3.07. The van der Waals surface area contributed by atoms with Crippen LogP contribution in [0, 0.1) is 12.7 Å². The highest BCUT2D eigenvalue weighted by molar-refractivity contribution is 7.90. The van der Waals surface area contributed by atoms with E-state index in [4.69, 9.17) is 0 Å². The number of fused-ring (bicyclic) bond motifs is 1. The van der Waals surface area contributed by atoms with Gasteiger partial charge in [0.2, 0.25) is 5.95 Å². The maximum Gasteiger partial charge on any atom is 0.231 e. The number of aryl methyl sites for hydroxylation is 1. The normalized spacial score (nSPS) is 11.6. The van der Waals surface area contributed by atoms with E-state index in [0.29, 0.717) is 34.2 Å². The molecule has 30 heavy (non-hydrogen) atoms. The van der Waals surface area contributed by atoms with Gasteiger partial charge in [-0.15, -0.1) is 0 Å². The smallest absolute Gasteiger partial charge is 0.231 e. The molecule has 4 rings (SSSR count). The van der Waals surface area contributed by atoms with Crippen molar-refractivity contribution in [2.45, 2.75) is 11.8 Å². The first-order valence-electron chi connectivity index (χ1n) is 9.00. The van der Waals surface area contributed by atoms with Crippen LogP contribution in [0.4, 0.5) is 27.7 Å². The molecule has 0 fully saturated rings. The van der Waals surface area contributed by atoms with Crippen LogP contribution in [0.15, 0.2) is 53.6 Å². The molecule has 2 aromatic carbocycles. The van der Waals surface area contributed by atoms with Crippen LogP contribution >= 0.6 is 0 Å². The van der Waals surface area contributed by atoms with E-state index in [1.54, 1.807) is 48.5 Å². The van der Waals surface area contributed by atoms with E-state index in [1.807, 2.05) is 13.0 Å². The number of rotatable bonds is 5. The Hall–Kier alpha value is -3.53. The minimum absolute atomic E-state index is 0.220. The molecule has 0 spiro atoms. The Morgan fingerprint density at radius 2 is 1.97 bits per heavy atom. The van der Waals surface area contributed by atoms with Crippen molar-refractivity contribution in [2.75, 3.05) is 23.5 Å². The van der Waals surface area contributed by atoms with Crippen LogP contribution in [-0.2, 0) is 9.84 Å². The zero-order valence-electron chi connectivity index (χ0n) is 16.5. The summed E-state index contributed by atoms with van der Waals surface area (Å²) in [4.78, 5) is 10.6. The van der Waals surface area contributed by atoms with Crippen LogP contribution < -0.4 is 10.2 Å². The molecular formula is C20H19FN6O2S. The van der Waals surface area contributed by atoms with Crippen LogP contribution in [0.25, 0.3) is 10.9 Å². The molecule has 0 aliphatic carbocycles. The maximum absolute atomic E-state index is 14.2. The van der Waals surface area contributed by atoms with Crippen molar-refractivity contribution in [3.8, 4) is 0 Å². The molecule has 2 N–H and O–H groups in total. The van der Waals surface area contributed by atoms with E-state index in [0.717, 1.165) is 5.56 Å². The topological polar surface area (TPSA) is 104 Å². The zero-order valence-corrected chi connectivity index (χ0v) is 17.3. The second kappa shape index (κ2) is 7.38. The number of hydrogen-bond acceptors (Lipinski definition) is 7. The Labute approximate surface area is 172 Å². The number of nitrogens with zero attached hydrogens (tertiary/aromatic N) is 4. The first-order chi connectivity index (χ1) is 14.2. The van der Waals surface area contributed by atoms with Crippen molar-refractivity contribution in [3.05, 3.63) is 60.0 Å². The summed E-state index contributed by atoms with van der Waals surface area (Å²) in [7, 11) is -1.62. The molecule has 0 bridgehead atoms. The second-order valence-corrected chi connectivity index (χ2v) is 8.95. The first-order valence-corrected chi connectivity index (χ1v) is 10.9. The van der Waals surface area contributed by atoms with Crippen LogP contribution in [0.2, 0.25) is 0 Å². The Bertz CT molecular complexity index is 1350. The van der Waals surface area contributed by atoms with Gasteiger partial charge in [-0.25, -0.2) is 17.8 Å². The van der Waals surface area contributed by atoms with Gasteiger partial charge in [0, 0.05) is 25.2 Å². The fraction of sp³-hybridized carbons (Fsp3) is 0.150. The average Bonchev–Trinajstić information content (AvgIpc) is 3.10. The molecule has 0 radical (unpaired) electrons. The molecular weight excluding hydrogens is 407 g/mol. The van der Waals surface area contributed by atoms with E-state index < -0.39 is 15.7 Å². The summed E-state index contributed by atoms with van der Waals surface area (Å²) >= 11 is 0. The maximum atomic E-state index is 14.2. The number of H-pyrrole nitrogens is 1. The van der Waals surface area contributed by atoms with Crippen molar-refractivity contribution < 1.29 is 12.8 Å². The number of aromatic nitrogens is 4. The van der Waals surface area contributed by atoms with Gasteiger partial charge in [-0.1, -0.05) is 6.07 Å². The number of nitrogens with one attached hydrogen (secondary N) is 2. The standard InChI is InChI=1S/C20H19FN6O2S/c1-12-9-13(11-14(10-12)30(3,28)29)27(2)20-22-8-7-17(24-20)23-19-18-15(21)5-4-6-16(18)25-26-19/h4-11H,1-3H3,(H2,22,23,24,25,26). The van der Waals surface area contributed by atoms with Gasteiger partial charge < -0.3 is 10.2 Å². The lowest BCUT2D eigenvalue weighted by atomic mass is 10.2. The summed E-state index contributed by atoms with van der Waals surface area (Å²) in [5.41, 5.74) is 1.99. The lowest BCUT2D eigenvalue weighted by molar-refractivity contribution is 0.602. The van der Waals surface area contributed by atoms with Gasteiger partial charge in [-0.05, 0) is 48.9 Å². The molecule has 0 unspecified atom stereocenters. The van der Waals surface area contributed by atoms with Gasteiger partial charge in [0.15, 0.2) is 15.7 Å². The quantitative estimate of drug-likeness (QED) is 0.501. The third kappa shape index (κ3) is 3.81. The Kier molecular flexibility index (Phi) is 4.86. The van der Waals surface area contributed by atoms with Gasteiger partial charge >= 0.3 is 0 Å². The SMILES string of the molecule is Cc1cc(N(C)c2nccc(Nc3n[nH]c4cccc(F)c34)n2)cc(S(C)(=O)=O)c1. The van der Waals surface area contributed by atoms with Crippen molar-refractivity contribution in [2.24, 2.45) is 0 Å². The molecule has 0 atom stereocenters. The second-order valence-electron chi connectivity index (χ2n) is 6.94. The molecule has 10 heteroatoms. The third-order valence-electron chi connectivity index (χ3n) is 4.58. The number of hydrogen-bond donors (Lipinski definition) is 2. The number of sulfone groups is 1. The van der Waals surface area contributed by atoms with E-state index >= 15 is 0 Å². The molecule has 8 nitrogen and oxygen atoms in total. The van der Waals surface area contributed by atoms with Gasteiger partial charge in [-0.3, -0.25) is 5.10 Å². The van der Waals surface area contributed by atoms with Crippen LogP contribution in [0.5, 0.6) is 0 Å². The van der Waals surface area contributed by atoms with E-state index in [-0.39, 0.29) is 4.90 Å². The van der Waals surface area contributed by atoms with Crippen molar-refractivity contribution in [3.63, 3.8) is 0 Å². The molecule has 0 aliphatic rings. The highest BCUT2D eigenvalue weighted by Crippen LogP contribution is 2.28. The number of halogens is 1. The minimum atomic E-state index is -3.36. The molecule has 0 saturated heterocycles. The first kappa shape index (κ1) is 19.8. The van der Waals surface area contributed by atoms with Gasteiger partial charge in [0.05, 0.1) is 15.8 Å². The van der Waals surface area contributed by atoms with Crippen molar-refractivity contribution >= 4 is 44.0 Å². The molecule has 4 aromatic rings. The van der Waals surface area contributed by atoms with Crippen molar-refractivity contribution in [1.29, 1.82) is 0 Å².